The fourth-order valence-corrected chi connectivity index (χ4v) is 2.27. The van der Waals surface area contributed by atoms with E-state index in [2.05, 4.69) is 21.2 Å². The normalized spacial score (nSPS) is 12.0. The maximum atomic E-state index is 13.1. The van der Waals surface area contributed by atoms with Crippen LogP contribution in [0, 0.1) is 5.82 Å². The molecule has 0 radical (unpaired) electrons. The second kappa shape index (κ2) is 6.72. The highest BCUT2D eigenvalue weighted by atomic mass is 79.9. The first-order valence-electron chi connectivity index (χ1n) is 6.11. The second-order valence-corrected chi connectivity index (χ2v) is 5.21. The summed E-state index contributed by atoms with van der Waals surface area (Å²) in [5.74, 6) is 0.0476. The SMILES string of the molecule is COc1cc(F)ccc1NCC(O)c1cccc(Br)c1. The first-order valence-corrected chi connectivity index (χ1v) is 6.90. The lowest BCUT2D eigenvalue weighted by Gasteiger charge is -2.15. The highest BCUT2D eigenvalue weighted by Crippen LogP contribution is 2.26. The zero-order valence-electron chi connectivity index (χ0n) is 10.9. The molecule has 1 atom stereocenters. The molecule has 2 aromatic carbocycles. The van der Waals surface area contributed by atoms with E-state index in [4.69, 9.17) is 4.74 Å². The van der Waals surface area contributed by atoms with Gasteiger partial charge in [-0.25, -0.2) is 4.39 Å². The number of anilines is 1. The summed E-state index contributed by atoms with van der Waals surface area (Å²) in [5.41, 5.74) is 1.44. The van der Waals surface area contributed by atoms with Crippen molar-refractivity contribution in [2.24, 2.45) is 0 Å². The van der Waals surface area contributed by atoms with Crippen LogP contribution in [0.15, 0.2) is 46.9 Å². The number of halogens is 2. The van der Waals surface area contributed by atoms with E-state index in [9.17, 15) is 9.50 Å². The van der Waals surface area contributed by atoms with Crippen molar-refractivity contribution in [1.29, 1.82) is 0 Å². The van der Waals surface area contributed by atoms with Gasteiger partial charge >= 0.3 is 0 Å². The zero-order chi connectivity index (χ0) is 14.5. The van der Waals surface area contributed by atoms with Crippen molar-refractivity contribution in [3.05, 3.63) is 58.3 Å². The van der Waals surface area contributed by atoms with Crippen LogP contribution in [0.25, 0.3) is 0 Å². The molecule has 0 aromatic heterocycles. The van der Waals surface area contributed by atoms with E-state index < -0.39 is 6.10 Å². The number of nitrogens with one attached hydrogen (secondary N) is 1. The van der Waals surface area contributed by atoms with Crippen LogP contribution in [0.3, 0.4) is 0 Å². The molecule has 20 heavy (non-hydrogen) atoms. The van der Waals surface area contributed by atoms with Crippen molar-refractivity contribution < 1.29 is 14.2 Å². The predicted molar refractivity (Wildman–Crippen MR) is 80.5 cm³/mol. The molecule has 0 bridgehead atoms. The average molecular weight is 340 g/mol. The van der Waals surface area contributed by atoms with Crippen molar-refractivity contribution in [3.8, 4) is 5.75 Å². The molecular formula is C15H15BrFNO2. The number of hydrogen-bond acceptors (Lipinski definition) is 3. The first kappa shape index (κ1) is 14.8. The smallest absolute Gasteiger partial charge is 0.144 e. The van der Waals surface area contributed by atoms with Crippen molar-refractivity contribution in [3.63, 3.8) is 0 Å². The van der Waals surface area contributed by atoms with Crippen LogP contribution in [-0.4, -0.2) is 18.8 Å². The molecule has 0 spiro atoms. The van der Waals surface area contributed by atoms with Crippen molar-refractivity contribution >= 4 is 21.6 Å². The fraction of sp³-hybridized carbons (Fsp3) is 0.200. The third kappa shape index (κ3) is 3.71. The Morgan fingerprint density at radius 2 is 2.10 bits per heavy atom. The minimum absolute atomic E-state index is 0.304. The van der Waals surface area contributed by atoms with E-state index in [1.807, 2.05) is 24.3 Å². The van der Waals surface area contributed by atoms with E-state index in [0.717, 1.165) is 10.0 Å². The Morgan fingerprint density at radius 1 is 1.30 bits per heavy atom. The van der Waals surface area contributed by atoms with Crippen molar-refractivity contribution in [2.75, 3.05) is 19.0 Å². The predicted octanol–water partition coefficient (Wildman–Crippen LogP) is 3.74. The van der Waals surface area contributed by atoms with Gasteiger partial charge in [-0.15, -0.1) is 0 Å². The van der Waals surface area contributed by atoms with Crippen LogP contribution in [0.5, 0.6) is 5.75 Å². The standard InChI is InChI=1S/C15H15BrFNO2/c1-20-15-8-12(17)5-6-13(15)18-9-14(19)10-3-2-4-11(16)7-10/h2-8,14,18-19H,9H2,1H3. The van der Waals surface area contributed by atoms with Crippen LogP contribution in [0.4, 0.5) is 10.1 Å². The zero-order valence-corrected chi connectivity index (χ0v) is 12.5. The molecule has 2 aromatic rings. The van der Waals surface area contributed by atoms with Crippen molar-refractivity contribution in [1.82, 2.24) is 0 Å². The summed E-state index contributed by atoms with van der Waals surface area (Å²) in [7, 11) is 1.48. The Bertz CT molecular complexity index is 592. The molecule has 0 aliphatic rings. The molecule has 0 aliphatic carbocycles. The number of ether oxygens (including phenoxy) is 1. The Morgan fingerprint density at radius 3 is 2.80 bits per heavy atom. The third-order valence-corrected chi connectivity index (χ3v) is 3.38. The molecule has 0 saturated carbocycles. The van der Waals surface area contributed by atoms with E-state index >= 15 is 0 Å². The minimum atomic E-state index is -0.665. The van der Waals surface area contributed by atoms with Crippen LogP contribution in [0.1, 0.15) is 11.7 Å². The van der Waals surface area contributed by atoms with E-state index in [0.29, 0.717) is 18.0 Å². The lowest BCUT2D eigenvalue weighted by atomic mass is 10.1. The quantitative estimate of drug-likeness (QED) is 0.871. The number of rotatable bonds is 5. The van der Waals surface area contributed by atoms with Crippen LogP contribution < -0.4 is 10.1 Å². The Labute approximate surface area is 125 Å². The Kier molecular flexibility index (Phi) is 4.98. The van der Waals surface area contributed by atoms with E-state index in [1.54, 1.807) is 6.07 Å². The number of benzene rings is 2. The molecule has 0 aliphatic heterocycles. The van der Waals surface area contributed by atoms with Gasteiger partial charge in [0.05, 0.1) is 18.9 Å². The summed E-state index contributed by atoms with van der Waals surface area (Å²) in [6.07, 6.45) is -0.665. The third-order valence-electron chi connectivity index (χ3n) is 2.88. The van der Waals surface area contributed by atoms with Crippen LogP contribution in [-0.2, 0) is 0 Å². The van der Waals surface area contributed by atoms with Crippen LogP contribution >= 0.6 is 15.9 Å². The first-order chi connectivity index (χ1) is 9.60. The molecule has 0 saturated heterocycles. The van der Waals surface area contributed by atoms with Gasteiger partial charge in [-0.1, -0.05) is 28.1 Å². The monoisotopic (exact) mass is 339 g/mol. The average Bonchev–Trinajstić information content (AvgIpc) is 2.45. The van der Waals surface area contributed by atoms with Gasteiger partial charge in [-0.05, 0) is 29.8 Å². The maximum absolute atomic E-state index is 13.1. The van der Waals surface area contributed by atoms with Crippen LogP contribution in [0.2, 0.25) is 0 Å². The summed E-state index contributed by atoms with van der Waals surface area (Å²) in [6, 6.07) is 11.7. The van der Waals surface area contributed by atoms with E-state index in [1.165, 1.54) is 19.2 Å². The fourth-order valence-electron chi connectivity index (χ4n) is 1.85. The highest BCUT2D eigenvalue weighted by Gasteiger charge is 2.10. The molecule has 2 rings (SSSR count). The van der Waals surface area contributed by atoms with Gasteiger partial charge in [0.1, 0.15) is 11.6 Å². The summed E-state index contributed by atoms with van der Waals surface area (Å²) in [6.45, 7) is 0.304. The molecule has 1 unspecified atom stereocenters. The van der Waals surface area contributed by atoms with Gasteiger partial charge in [0.25, 0.3) is 0 Å². The second-order valence-electron chi connectivity index (χ2n) is 4.30. The summed E-state index contributed by atoms with van der Waals surface area (Å²) >= 11 is 3.36. The topological polar surface area (TPSA) is 41.5 Å². The molecule has 3 nitrogen and oxygen atoms in total. The molecule has 0 fully saturated rings. The summed E-state index contributed by atoms with van der Waals surface area (Å²) in [5, 5.41) is 13.2. The molecule has 5 heteroatoms. The summed E-state index contributed by atoms with van der Waals surface area (Å²) < 4.78 is 19.1. The van der Waals surface area contributed by atoms with Gasteiger partial charge in [0.2, 0.25) is 0 Å². The molecule has 0 amide bonds. The van der Waals surface area contributed by atoms with Gasteiger partial charge in [-0.3, -0.25) is 0 Å². The highest BCUT2D eigenvalue weighted by molar-refractivity contribution is 9.10. The minimum Gasteiger partial charge on any atom is -0.494 e. The number of aliphatic hydroxyl groups excluding tert-OH is 1. The van der Waals surface area contributed by atoms with Gasteiger partial charge in [-0.2, -0.15) is 0 Å². The molecule has 2 N–H and O–H groups in total. The lowest BCUT2D eigenvalue weighted by Crippen LogP contribution is -2.12. The lowest BCUT2D eigenvalue weighted by molar-refractivity contribution is 0.191. The largest absolute Gasteiger partial charge is 0.494 e. The van der Waals surface area contributed by atoms with Gasteiger partial charge in [0.15, 0.2) is 0 Å². The van der Waals surface area contributed by atoms with Gasteiger partial charge < -0.3 is 15.2 Å². The summed E-state index contributed by atoms with van der Waals surface area (Å²) in [4.78, 5) is 0. The van der Waals surface area contributed by atoms with E-state index in [-0.39, 0.29) is 5.82 Å². The van der Waals surface area contributed by atoms with Gasteiger partial charge in [0, 0.05) is 17.1 Å². The number of aliphatic hydroxyl groups is 1. The Balaban J connectivity index is 2.05. The van der Waals surface area contributed by atoms with Crippen molar-refractivity contribution in [2.45, 2.75) is 6.10 Å². The maximum Gasteiger partial charge on any atom is 0.144 e. The number of methoxy groups -OCH3 is 1. The molecular weight excluding hydrogens is 325 g/mol. The molecule has 0 heterocycles. The molecule has 106 valence electrons. The Hall–Kier alpha value is -1.59. The number of hydrogen-bond donors (Lipinski definition) is 2.